The van der Waals surface area contributed by atoms with E-state index < -0.39 is 33.4 Å². The van der Waals surface area contributed by atoms with Crippen molar-refractivity contribution in [3.05, 3.63) is 98.5 Å². The van der Waals surface area contributed by atoms with Crippen molar-refractivity contribution in [2.75, 3.05) is 10.8 Å². The molecule has 2 amide bonds. The molecule has 1 N–H and O–H groups in total. The first-order valence-corrected chi connectivity index (χ1v) is 16.1. The maximum atomic E-state index is 14.2. The topological polar surface area (TPSA) is 130 Å². The molecule has 10 nitrogen and oxygen atoms in total. The van der Waals surface area contributed by atoms with Crippen LogP contribution < -0.4 is 9.62 Å². The van der Waals surface area contributed by atoms with E-state index in [-0.39, 0.29) is 46.2 Å². The molecule has 43 heavy (non-hydrogen) atoms. The molecule has 0 unspecified atom stereocenters. The first-order valence-electron chi connectivity index (χ1n) is 13.9. The number of carbonyl (C=O) groups is 2. The Bertz CT molecular complexity index is 1580. The van der Waals surface area contributed by atoms with Crippen molar-refractivity contribution < 1.29 is 22.9 Å². The lowest BCUT2D eigenvalue weighted by Crippen LogP contribution is -2.53. The third-order valence-electron chi connectivity index (χ3n) is 7.38. The minimum absolute atomic E-state index is 0.00236. The van der Waals surface area contributed by atoms with Crippen molar-refractivity contribution in [3.8, 4) is 0 Å². The van der Waals surface area contributed by atoms with Gasteiger partial charge in [-0.3, -0.25) is 24.0 Å². The van der Waals surface area contributed by atoms with Crippen LogP contribution in [-0.4, -0.2) is 48.7 Å². The molecular weight excluding hydrogens is 615 g/mol. The molecule has 0 spiro atoms. The number of hydrogen-bond acceptors (Lipinski definition) is 6. The normalized spacial score (nSPS) is 14.2. The second-order valence-electron chi connectivity index (χ2n) is 10.3. The SMILES string of the molecule is CC[C@@H](C(=O)NC1CCCC1)N(Cc1ccc(Cl)cc1Cl)C(=O)CN(c1cccc([N+](=O)[O-])c1)S(=O)(=O)c1ccccc1. The third-order valence-corrected chi connectivity index (χ3v) is 9.76. The Kier molecular flexibility index (Phi) is 10.6. The van der Waals surface area contributed by atoms with E-state index in [9.17, 15) is 28.1 Å². The van der Waals surface area contributed by atoms with Gasteiger partial charge in [0.15, 0.2) is 0 Å². The molecule has 1 saturated carbocycles. The van der Waals surface area contributed by atoms with Gasteiger partial charge in [-0.05, 0) is 55.2 Å². The van der Waals surface area contributed by atoms with Crippen molar-refractivity contribution in [1.82, 2.24) is 10.2 Å². The summed E-state index contributed by atoms with van der Waals surface area (Å²) >= 11 is 12.5. The molecule has 0 heterocycles. The van der Waals surface area contributed by atoms with Crippen LogP contribution in [0.3, 0.4) is 0 Å². The van der Waals surface area contributed by atoms with Crippen LogP contribution in [-0.2, 0) is 26.2 Å². The largest absolute Gasteiger partial charge is 0.352 e. The average molecular weight is 648 g/mol. The number of hydrogen-bond donors (Lipinski definition) is 1. The van der Waals surface area contributed by atoms with E-state index in [1.807, 2.05) is 0 Å². The van der Waals surface area contributed by atoms with Gasteiger partial charge in [-0.1, -0.05) is 73.3 Å². The number of nitrogens with one attached hydrogen (secondary N) is 1. The van der Waals surface area contributed by atoms with Gasteiger partial charge >= 0.3 is 0 Å². The average Bonchev–Trinajstić information content (AvgIpc) is 3.50. The molecule has 0 radical (unpaired) electrons. The Morgan fingerprint density at radius 2 is 1.72 bits per heavy atom. The summed E-state index contributed by atoms with van der Waals surface area (Å²) in [6.07, 6.45) is 3.93. The second kappa shape index (κ2) is 14.2. The lowest BCUT2D eigenvalue weighted by atomic mass is 10.1. The van der Waals surface area contributed by atoms with Crippen molar-refractivity contribution in [2.45, 2.75) is 62.6 Å². The standard InChI is InChI=1S/C30H32Cl2N4O6S/c1-2-28(30(38)33-23-9-6-7-10-23)34(19-21-15-16-22(31)17-27(21)32)29(37)20-35(24-11-8-12-25(18-24)36(39)40)43(41,42)26-13-4-3-5-14-26/h3-5,8,11-18,23,28H,2,6-7,9-10,19-20H2,1H3,(H,33,38)/t28-/m0/s1. The van der Waals surface area contributed by atoms with Crippen LogP contribution in [0.4, 0.5) is 11.4 Å². The first-order chi connectivity index (χ1) is 20.5. The second-order valence-corrected chi connectivity index (χ2v) is 13.0. The maximum absolute atomic E-state index is 14.2. The van der Waals surface area contributed by atoms with Crippen LogP contribution in [0.5, 0.6) is 0 Å². The number of rotatable bonds is 12. The molecule has 1 aliphatic rings. The fourth-order valence-corrected chi connectivity index (χ4v) is 7.03. The summed E-state index contributed by atoms with van der Waals surface area (Å²) in [4.78, 5) is 39.8. The highest BCUT2D eigenvalue weighted by Crippen LogP contribution is 2.29. The fourth-order valence-electron chi connectivity index (χ4n) is 5.13. The molecule has 0 saturated heterocycles. The third kappa shape index (κ3) is 7.84. The van der Waals surface area contributed by atoms with E-state index in [2.05, 4.69) is 5.32 Å². The summed E-state index contributed by atoms with van der Waals surface area (Å²) in [5.74, 6) is -1.04. The predicted octanol–water partition coefficient (Wildman–Crippen LogP) is 5.96. The van der Waals surface area contributed by atoms with Crippen LogP contribution in [0.25, 0.3) is 0 Å². The monoisotopic (exact) mass is 646 g/mol. The summed E-state index contributed by atoms with van der Waals surface area (Å²) < 4.78 is 28.6. The minimum atomic E-state index is -4.36. The number of nitro groups is 1. The van der Waals surface area contributed by atoms with Crippen molar-refractivity contribution in [3.63, 3.8) is 0 Å². The van der Waals surface area contributed by atoms with Crippen LogP contribution in [0.1, 0.15) is 44.6 Å². The number of anilines is 1. The molecule has 0 aliphatic heterocycles. The molecular formula is C30H32Cl2N4O6S. The van der Waals surface area contributed by atoms with E-state index in [0.717, 1.165) is 36.1 Å². The molecule has 228 valence electrons. The molecule has 1 atom stereocenters. The van der Waals surface area contributed by atoms with Gasteiger partial charge in [0.2, 0.25) is 11.8 Å². The Hall–Kier alpha value is -3.67. The van der Waals surface area contributed by atoms with Crippen molar-refractivity contribution in [2.24, 2.45) is 0 Å². The van der Waals surface area contributed by atoms with Gasteiger partial charge in [0.25, 0.3) is 15.7 Å². The zero-order chi connectivity index (χ0) is 31.1. The number of nitro benzene ring substituents is 1. The molecule has 1 aliphatic carbocycles. The Balaban J connectivity index is 1.76. The smallest absolute Gasteiger partial charge is 0.271 e. The summed E-state index contributed by atoms with van der Waals surface area (Å²) in [7, 11) is -4.36. The number of benzene rings is 3. The van der Waals surface area contributed by atoms with E-state index in [4.69, 9.17) is 23.2 Å². The van der Waals surface area contributed by atoms with E-state index in [1.54, 1.807) is 25.1 Å². The van der Waals surface area contributed by atoms with Gasteiger partial charge in [-0.2, -0.15) is 0 Å². The lowest BCUT2D eigenvalue weighted by molar-refractivity contribution is -0.384. The highest BCUT2D eigenvalue weighted by molar-refractivity contribution is 7.92. The Labute approximate surface area is 260 Å². The Morgan fingerprint density at radius 3 is 2.35 bits per heavy atom. The van der Waals surface area contributed by atoms with Crippen molar-refractivity contribution in [1.29, 1.82) is 0 Å². The first kappa shape index (κ1) is 32.2. The van der Waals surface area contributed by atoms with Gasteiger partial charge < -0.3 is 10.2 Å². The maximum Gasteiger partial charge on any atom is 0.271 e. The lowest BCUT2D eigenvalue weighted by Gasteiger charge is -2.34. The van der Waals surface area contributed by atoms with Gasteiger partial charge in [-0.25, -0.2) is 8.42 Å². The number of carbonyl (C=O) groups excluding carboxylic acids is 2. The van der Waals surface area contributed by atoms with Crippen LogP contribution in [0, 0.1) is 10.1 Å². The van der Waals surface area contributed by atoms with Crippen molar-refractivity contribution >= 4 is 56.4 Å². The van der Waals surface area contributed by atoms with Crippen LogP contribution in [0.15, 0.2) is 77.7 Å². The predicted molar refractivity (Wildman–Crippen MR) is 166 cm³/mol. The zero-order valence-corrected chi connectivity index (χ0v) is 25.8. The number of amides is 2. The number of sulfonamides is 1. The molecule has 1 fully saturated rings. The quantitative estimate of drug-likeness (QED) is 0.191. The summed E-state index contributed by atoms with van der Waals surface area (Å²) in [6, 6.07) is 16.4. The van der Waals surface area contributed by atoms with E-state index in [0.29, 0.717) is 10.6 Å². The zero-order valence-electron chi connectivity index (χ0n) is 23.5. The fraction of sp³-hybridized carbons (Fsp3) is 0.333. The minimum Gasteiger partial charge on any atom is -0.352 e. The molecule has 3 aromatic carbocycles. The van der Waals surface area contributed by atoms with E-state index >= 15 is 0 Å². The number of non-ortho nitro benzene ring substituents is 1. The summed E-state index contributed by atoms with van der Waals surface area (Å²) in [5, 5.41) is 15.2. The number of halogens is 2. The van der Waals surface area contributed by atoms with Gasteiger partial charge in [0, 0.05) is 34.8 Å². The van der Waals surface area contributed by atoms with Gasteiger partial charge in [0.1, 0.15) is 12.6 Å². The van der Waals surface area contributed by atoms with Crippen LogP contribution in [0.2, 0.25) is 10.0 Å². The number of nitrogens with zero attached hydrogens (tertiary/aromatic N) is 3. The highest BCUT2D eigenvalue weighted by atomic mass is 35.5. The van der Waals surface area contributed by atoms with Crippen LogP contribution >= 0.6 is 23.2 Å². The molecule has 4 rings (SSSR count). The molecule has 13 heteroatoms. The molecule has 0 bridgehead atoms. The molecule has 0 aromatic heterocycles. The summed E-state index contributed by atoms with van der Waals surface area (Å²) in [6.45, 7) is 0.943. The van der Waals surface area contributed by atoms with E-state index in [1.165, 1.54) is 53.4 Å². The van der Waals surface area contributed by atoms with Gasteiger partial charge in [0.05, 0.1) is 15.5 Å². The highest BCUT2D eigenvalue weighted by Gasteiger charge is 2.35. The Morgan fingerprint density at radius 1 is 1.02 bits per heavy atom. The summed E-state index contributed by atoms with van der Waals surface area (Å²) in [5.41, 5.74) is 0.101. The van der Waals surface area contributed by atoms with Gasteiger partial charge in [-0.15, -0.1) is 0 Å². The molecule has 3 aromatic rings.